The number of aryl methyl sites for hydroxylation is 1. The molecule has 2 aromatic carbocycles. The monoisotopic (exact) mass is 634 g/mol. The van der Waals surface area contributed by atoms with E-state index in [-0.39, 0.29) is 11.2 Å². The van der Waals surface area contributed by atoms with Crippen molar-refractivity contribution in [2.75, 3.05) is 31.7 Å². The summed E-state index contributed by atoms with van der Waals surface area (Å²) >= 11 is 0. The predicted octanol–water partition coefficient (Wildman–Crippen LogP) is 6.95. The van der Waals surface area contributed by atoms with Gasteiger partial charge in [-0.3, -0.25) is 0 Å². The molecule has 0 aliphatic carbocycles. The van der Waals surface area contributed by atoms with Gasteiger partial charge in [0.25, 0.3) is 0 Å². The number of hydrogen-bond acceptors (Lipinski definition) is 8. The van der Waals surface area contributed by atoms with E-state index < -0.39 is 35.1 Å². The quantitative estimate of drug-likeness (QED) is 0.156. The van der Waals surface area contributed by atoms with Crippen LogP contribution in [-0.4, -0.2) is 63.7 Å². The van der Waals surface area contributed by atoms with E-state index in [1.165, 1.54) is 7.11 Å². The molecule has 244 valence electrons. The number of carbonyl (C=O) groups is 1. The molecule has 1 N–H and O–H groups in total. The molecule has 5 rings (SSSR count). The van der Waals surface area contributed by atoms with Crippen LogP contribution in [-0.2, 0) is 19.0 Å². The standard InChI is InChI=1S/C35H40F2N4O5/c1-8-16-45-35(6)12-14-40(15-13-35)32-29(31(33(43)44-7)46-34(3,4)5)21(2)38-28-20-26(39-41(28)32)22-10-9-11-23(17-22)30-25(37)18-24(36)19-27(30)42/h8-11,17-20,31,42H,1,12-16H2,2-7H3/t31-/m0/s1. The van der Waals surface area contributed by atoms with E-state index in [2.05, 4.69) is 18.4 Å². The molecule has 11 heteroatoms. The van der Waals surface area contributed by atoms with Crippen LogP contribution in [0.2, 0.25) is 0 Å². The summed E-state index contributed by atoms with van der Waals surface area (Å²) in [6.07, 6.45) is 2.09. The number of fused-ring (bicyclic) bond motifs is 1. The van der Waals surface area contributed by atoms with Gasteiger partial charge in [-0.15, -0.1) is 6.58 Å². The average Bonchev–Trinajstić information content (AvgIpc) is 3.41. The van der Waals surface area contributed by atoms with Gasteiger partial charge in [0.05, 0.1) is 41.7 Å². The Morgan fingerprint density at radius 2 is 1.85 bits per heavy atom. The number of hydrogen-bond donors (Lipinski definition) is 1. The van der Waals surface area contributed by atoms with E-state index in [0.717, 1.165) is 25.0 Å². The Labute approximate surface area is 267 Å². The first kappa shape index (κ1) is 33.0. The molecule has 4 aromatic rings. The van der Waals surface area contributed by atoms with Crippen LogP contribution in [0.1, 0.15) is 57.9 Å². The Morgan fingerprint density at radius 1 is 1.15 bits per heavy atom. The molecule has 3 heterocycles. The predicted molar refractivity (Wildman–Crippen MR) is 172 cm³/mol. The molecule has 1 saturated heterocycles. The molecule has 0 saturated carbocycles. The van der Waals surface area contributed by atoms with Crippen molar-refractivity contribution in [3.05, 3.63) is 78.0 Å². The zero-order valence-corrected chi connectivity index (χ0v) is 27.1. The molecule has 46 heavy (non-hydrogen) atoms. The van der Waals surface area contributed by atoms with E-state index in [1.807, 2.05) is 27.7 Å². The highest BCUT2D eigenvalue weighted by Gasteiger charge is 2.38. The zero-order chi connectivity index (χ0) is 33.4. The fourth-order valence-corrected chi connectivity index (χ4v) is 5.83. The number of carbonyl (C=O) groups excluding carboxylic acids is 1. The van der Waals surface area contributed by atoms with Crippen molar-refractivity contribution in [3.63, 3.8) is 0 Å². The molecule has 0 unspecified atom stereocenters. The third-order valence-electron chi connectivity index (χ3n) is 8.10. The van der Waals surface area contributed by atoms with E-state index >= 15 is 0 Å². The summed E-state index contributed by atoms with van der Waals surface area (Å²) in [5.41, 5.74) is 2.02. The smallest absolute Gasteiger partial charge is 0.339 e. The molecule has 9 nitrogen and oxygen atoms in total. The molecule has 2 aromatic heterocycles. The summed E-state index contributed by atoms with van der Waals surface area (Å²) in [6, 6.07) is 10.2. The van der Waals surface area contributed by atoms with Crippen molar-refractivity contribution in [2.24, 2.45) is 0 Å². The van der Waals surface area contributed by atoms with Gasteiger partial charge in [-0.25, -0.2) is 18.6 Å². The molecule has 1 atom stereocenters. The number of ether oxygens (including phenoxy) is 3. The maximum atomic E-state index is 14.8. The van der Waals surface area contributed by atoms with Crippen LogP contribution in [0, 0.1) is 18.6 Å². The van der Waals surface area contributed by atoms with E-state index in [9.17, 15) is 18.7 Å². The lowest BCUT2D eigenvalue weighted by Crippen LogP contribution is -2.45. The second-order valence-corrected chi connectivity index (χ2v) is 12.8. The Morgan fingerprint density at radius 3 is 2.48 bits per heavy atom. The van der Waals surface area contributed by atoms with Crippen LogP contribution >= 0.6 is 0 Å². The van der Waals surface area contributed by atoms with Gasteiger partial charge in [0.1, 0.15) is 23.2 Å². The molecule has 0 spiro atoms. The van der Waals surface area contributed by atoms with Crippen molar-refractivity contribution in [1.29, 1.82) is 0 Å². The van der Waals surface area contributed by atoms with Gasteiger partial charge in [-0.1, -0.05) is 24.3 Å². The number of aromatic hydroxyl groups is 1. The Hall–Kier alpha value is -4.35. The third-order valence-corrected chi connectivity index (χ3v) is 8.10. The first-order valence-electron chi connectivity index (χ1n) is 15.2. The highest BCUT2D eigenvalue weighted by atomic mass is 19.1. The molecule has 0 amide bonds. The van der Waals surface area contributed by atoms with Gasteiger partial charge in [-0.05, 0) is 59.1 Å². The zero-order valence-electron chi connectivity index (χ0n) is 27.1. The van der Waals surface area contributed by atoms with Crippen LogP contribution in [0.4, 0.5) is 14.6 Å². The number of esters is 1. The number of aromatic nitrogens is 3. The summed E-state index contributed by atoms with van der Waals surface area (Å²) in [6.45, 7) is 15.0. The number of halogens is 2. The number of phenolic OH excluding ortho intramolecular Hbond substituents is 1. The van der Waals surface area contributed by atoms with Gasteiger partial charge in [0, 0.05) is 42.5 Å². The Balaban J connectivity index is 1.67. The fraction of sp³-hybridized carbons (Fsp3) is 0.400. The minimum atomic E-state index is -1.08. The number of phenols is 1. The highest BCUT2D eigenvalue weighted by molar-refractivity contribution is 5.81. The Kier molecular flexibility index (Phi) is 9.19. The van der Waals surface area contributed by atoms with E-state index in [4.69, 9.17) is 24.3 Å². The molecule has 0 radical (unpaired) electrons. The molecular weight excluding hydrogens is 594 g/mol. The second-order valence-electron chi connectivity index (χ2n) is 12.8. The van der Waals surface area contributed by atoms with Gasteiger partial charge in [0.15, 0.2) is 11.8 Å². The number of piperidine rings is 1. The normalized spacial score (nSPS) is 15.6. The Bertz CT molecular complexity index is 1750. The minimum Gasteiger partial charge on any atom is -0.507 e. The van der Waals surface area contributed by atoms with Crippen LogP contribution in [0.15, 0.2) is 55.1 Å². The first-order valence-corrected chi connectivity index (χ1v) is 15.2. The molecule has 1 aliphatic heterocycles. The maximum absolute atomic E-state index is 14.8. The lowest BCUT2D eigenvalue weighted by atomic mass is 9.92. The van der Waals surface area contributed by atoms with Gasteiger partial charge in [-0.2, -0.15) is 9.61 Å². The van der Waals surface area contributed by atoms with Crippen molar-refractivity contribution in [3.8, 4) is 28.1 Å². The second kappa shape index (κ2) is 12.8. The number of nitrogens with zero attached hydrogens (tertiary/aromatic N) is 4. The number of methoxy groups -OCH3 is 1. The third kappa shape index (κ3) is 6.75. The van der Waals surface area contributed by atoms with Crippen LogP contribution in [0.3, 0.4) is 0 Å². The summed E-state index contributed by atoms with van der Waals surface area (Å²) in [5, 5.41) is 15.3. The van der Waals surface area contributed by atoms with E-state index in [1.54, 1.807) is 40.9 Å². The summed E-state index contributed by atoms with van der Waals surface area (Å²) in [5.74, 6) is -2.16. The molecule has 0 bridgehead atoms. The van der Waals surface area contributed by atoms with Crippen LogP contribution in [0.25, 0.3) is 28.0 Å². The summed E-state index contributed by atoms with van der Waals surface area (Å²) in [7, 11) is 1.33. The van der Waals surface area contributed by atoms with Crippen molar-refractivity contribution in [2.45, 2.75) is 64.8 Å². The first-order chi connectivity index (χ1) is 21.7. The van der Waals surface area contributed by atoms with Crippen molar-refractivity contribution in [1.82, 2.24) is 14.6 Å². The van der Waals surface area contributed by atoms with Crippen LogP contribution < -0.4 is 4.90 Å². The lowest BCUT2D eigenvalue weighted by Gasteiger charge is -2.41. The highest BCUT2D eigenvalue weighted by Crippen LogP contribution is 2.39. The average molecular weight is 635 g/mol. The van der Waals surface area contributed by atoms with Gasteiger partial charge >= 0.3 is 5.97 Å². The SMILES string of the molecule is C=CCOC1(C)CCN(c2c([C@H](OC(C)(C)C)C(=O)OC)c(C)nc3cc(-c4cccc(-c5c(O)cc(F)cc5F)c4)nn23)CC1. The summed E-state index contributed by atoms with van der Waals surface area (Å²) < 4.78 is 47.8. The molecule has 1 aliphatic rings. The molecular formula is C35H40F2N4O5. The number of benzene rings is 2. The topological polar surface area (TPSA) is 98.4 Å². The maximum Gasteiger partial charge on any atom is 0.339 e. The minimum absolute atomic E-state index is 0.112. The van der Waals surface area contributed by atoms with Crippen LogP contribution in [0.5, 0.6) is 5.75 Å². The van der Waals surface area contributed by atoms with Gasteiger partial charge in [0.2, 0.25) is 0 Å². The van der Waals surface area contributed by atoms with Crippen molar-refractivity contribution >= 4 is 17.4 Å². The number of rotatable bonds is 9. The largest absolute Gasteiger partial charge is 0.507 e. The lowest BCUT2D eigenvalue weighted by molar-refractivity contribution is -0.164. The number of anilines is 1. The van der Waals surface area contributed by atoms with E-state index in [0.29, 0.717) is 59.2 Å². The molecule has 1 fully saturated rings. The summed E-state index contributed by atoms with van der Waals surface area (Å²) in [4.78, 5) is 20.3. The van der Waals surface area contributed by atoms with Gasteiger partial charge < -0.3 is 24.2 Å². The fourth-order valence-electron chi connectivity index (χ4n) is 5.83. The van der Waals surface area contributed by atoms with Crippen molar-refractivity contribution < 1.29 is 32.9 Å².